The van der Waals surface area contributed by atoms with E-state index in [1.165, 1.54) is 11.3 Å². The van der Waals surface area contributed by atoms with Gasteiger partial charge in [0, 0.05) is 6.54 Å². The second kappa shape index (κ2) is 6.10. The lowest BCUT2D eigenvalue weighted by Crippen LogP contribution is -2.06. The maximum atomic E-state index is 5.58. The Labute approximate surface area is 104 Å². The molecule has 0 saturated heterocycles. The van der Waals surface area contributed by atoms with E-state index in [1.54, 1.807) is 6.20 Å². The fourth-order valence-electron chi connectivity index (χ4n) is 1.34. The van der Waals surface area contributed by atoms with Crippen LogP contribution in [-0.4, -0.2) is 18.1 Å². The summed E-state index contributed by atoms with van der Waals surface area (Å²) in [6, 6.07) is 9.81. The first kappa shape index (κ1) is 11.7. The Kier molecular flexibility index (Phi) is 4.21. The molecule has 1 aromatic heterocycles. The Bertz CT molecular complexity index is 444. The third-order valence-corrected chi connectivity index (χ3v) is 2.92. The van der Waals surface area contributed by atoms with Crippen LogP contribution in [0.2, 0.25) is 0 Å². The molecule has 0 bridgehead atoms. The summed E-state index contributed by atoms with van der Waals surface area (Å²) >= 11 is 1.46. The predicted octanol–water partition coefficient (Wildman–Crippen LogP) is 2.61. The molecule has 1 heterocycles. The van der Waals surface area contributed by atoms with Gasteiger partial charge in [-0.3, -0.25) is 0 Å². The molecule has 0 amide bonds. The van der Waals surface area contributed by atoms with Gasteiger partial charge in [0.1, 0.15) is 10.8 Å². The molecule has 90 valence electrons. The van der Waals surface area contributed by atoms with Crippen LogP contribution >= 0.6 is 11.3 Å². The molecule has 0 aliphatic heterocycles. The van der Waals surface area contributed by atoms with E-state index in [9.17, 15) is 0 Å². The lowest BCUT2D eigenvalue weighted by Gasteiger charge is -2.06. The Morgan fingerprint density at radius 3 is 2.82 bits per heavy atom. The molecule has 5 heteroatoms. The lowest BCUT2D eigenvalue weighted by molar-refractivity contribution is 0.315. The van der Waals surface area contributed by atoms with Crippen LogP contribution in [0.4, 0.5) is 10.1 Å². The molecule has 0 saturated carbocycles. The lowest BCUT2D eigenvalue weighted by atomic mass is 10.3. The minimum atomic E-state index is 0.692. The molecule has 2 rings (SSSR count). The number of thiazole rings is 1. The van der Waals surface area contributed by atoms with Crippen LogP contribution < -0.4 is 15.8 Å². The number of ether oxygens (including phenoxy) is 1. The summed E-state index contributed by atoms with van der Waals surface area (Å²) in [5, 5.41) is 4.79. The number of hydrogen-bond donors (Lipinski definition) is 2. The molecule has 0 radical (unpaired) electrons. The number of nitrogen functional groups attached to an aromatic ring is 1. The summed E-state index contributed by atoms with van der Waals surface area (Å²) in [7, 11) is 0. The maximum Gasteiger partial charge on any atom is 0.184 e. The number of nitrogens with one attached hydrogen (secondary N) is 1. The summed E-state index contributed by atoms with van der Waals surface area (Å²) in [4.78, 5) is 4.11. The van der Waals surface area contributed by atoms with E-state index in [-0.39, 0.29) is 0 Å². The average molecular weight is 249 g/mol. The van der Waals surface area contributed by atoms with Gasteiger partial charge in [-0.05, 0) is 18.6 Å². The van der Waals surface area contributed by atoms with Crippen molar-refractivity contribution in [3.63, 3.8) is 0 Å². The van der Waals surface area contributed by atoms with Gasteiger partial charge in [0.25, 0.3) is 0 Å². The molecule has 0 aliphatic rings. The van der Waals surface area contributed by atoms with Crippen LogP contribution in [0.5, 0.6) is 5.75 Å². The van der Waals surface area contributed by atoms with Crippen LogP contribution in [0.3, 0.4) is 0 Å². The third kappa shape index (κ3) is 3.96. The number of nitrogens with zero attached hydrogens (tertiary/aromatic N) is 1. The maximum absolute atomic E-state index is 5.58. The topological polar surface area (TPSA) is 60.2 Å². The highest BCUT2D eigenvalue weighted by Crippen LogP contribution is 2.19. The van der Waals surface area contributed by atoms with Gasteiger partial charge in [-0.15, -0.1) is 0 Å². The Morgan fingerprint density at radius 2 is 2.12 bits per heavy atom. The van der Waals surface area contributed by atoms with Crippen molar-refractivity contribution in [3.05, 3.63) is 36.5 Å². The first-order chi connectivity index (χ1) is 8.34. The third-order valence-electron chi connectivity index (χ3n) is 2.13. The van der Waals surface area contributed by atoms with Gasteiger partial charge in [0.2, 0.25) is 0 Å². The van der Waals surface area contributed by atoms with Crippen molar-refractivity contribution in [2.45, 2.75) is 6.42 Å². The van der Waals surface area contributed by atoms with Gasteiger partial charge in [-0.1, -0.05) is 29.5 Å². The largest absolute Gasteiger partial charge is 0.494 e. The first-order valence-corrected chi connectivity index (χ1v) is 6.29. The van der Waals surface area contributed by atoms with Crippen LogP contribution in [0.1, 0.15) is 6.42 Å². The van der Waals surface area contributed by atoms with E-state index in [0.717, 1.165) is 28.8 Å². The Morgan fingerprint density at radius 1 is 1.29 bits per heavy atom. The van der Waals surface area contributed by atoms with E-state index in [2.05, 4.69) is 10.3 Å². The zero-order valence-electron chi connectivity index (χ0n) is 9.43. The van der Waals surface area contributed by atoms with Crippen molar-refractivity contribution >= 4 is 21.5 Å². The summed E-state index contributed by atoms with van der Waals surface area (Å²) in [6.45, 7) is 1.53. The van der Waals surface area contributed by atoms with Crippen molar-refractivity contribution in [1.82, 2.24) is 4.98 Å². The molecule has 4 nitrogen and oxygen atoms in total. The highest BCUT2D eigenvalue weighted by molar-refractivity contribution is 7.19. The van der Waals surface area contributed by atoms with Crippen molar-refractivity contribution in [3.8, 4) is 5.75 Å². The summed E-state index contributed by atoms with van der Waals surface area (Å²) in [5.41, 5.74) is 5.58. The average Bonchev–Trinajstić information content (AvgIpc) is 2.76. The van der Waals surface area contributed by atoms with E-state index in [1.807, 2.05) is 30.3 Å². The molecule has 0 unspecified atom stereocenters. The molecule has 0 spiro atoms. The van der Waals surface area contributed by atoms with Gasteiger partial charge in [0.05, 0.1) is 12.8 Å². The van der Waals surface area contributed by atoms with E-state index < -0.39 is 0 Å². The number of hydrogen-bond acceptors (Lipinski definition) is 5. The number of para-hydroxylation sites is 1. The second-order valence-corrected chi connectivity index (χ2v) is 4.57. The smallest absolute Gasteiger partial charge is 0.184 e. The number of benzene rings is 1. The van der Waals surface area contributed by atoms with Crippen molar-refractivity contribution in [2.75, 3.05) is 24.2 Å². The molecule has 0 aliphatic carbocycles. The summed E-state index contributed by atoms with van der Waals surface area (Å²) < 4.78 is 5.57. The molecular formula is C12H15N3OS. The molecule has 17 heavy (non-hydrogen) atoms. The van der Waals surface area contributed by atoms with Gasteiger partial charge in [-0.25, -0.2) is 4.98 Å². The fourth-order valence-corrected chi connectivity index (χ4v) is 1.95. The van der Waals surface area contributed by atoms with Crippen LogP contribution in [0.25, 0.3) is 0 Å². The van der Waals surface area contributed by atoms with E-state index in [4.69, 9.17) is 10.5 Å². The number of aromatic nitrogens is 1. The molecule has 1 aromatic carbocycles. The number of nitrogens with two attached hydrogens (primary N) is 1. The predicted molar refractivity (Wildman–Crippen MR) is 71.6 cm³/mol. The summed E-state index contributed by atoms with van der Waals surface area (Å²) in [6.07, 6.45) is 2.59. The zero-order chi connectivity index (χ0) is 11.9. The van der Waals surface area contributed by atoms with E-state index in [0.29, 0.717) is 6.61 Å². The normalized spacial score (nSPS) is 10.1. The van der Waals surface area contributed by atoms with Crippen molar-refractivity contribution < 1.29 is 4.74 Å². The van der Waals surface area contributed by atoms with Gasteiger partial charge >= 0.3 is 0 Å². The zero-order valence-corrected chi connectivity index (χ0v) is 10.2. The number of anilines is 2. The quantitative estimate of drug-likeness (QED) is 0.773. The van der Waals surface area contributed by atoms with Crippen molar-refractivity contribution in [2.24, 2.45) is 0 Å². The van der Waals surface area contributed by atoms with Crippen LogP contribution in [0.15, 0.2) is 36.5 Å². The standard InChI is InChI=1S/C12H15N3OS/c13-11-9-15-12(17-11)14-7-4-8-16-10-5-2-1-3-6-10/h1-3,5-6,9H,4,7-8,13H2,(H,14,15). The number of rotatable bonds is 6. The molecule has 0 atom stereocenters. The Balaban J connectivity index is 1.61. The molecule has 0 fully saturated rings. The van der Waals surface area contributed by atoms with Crippen LogP contribution in [-0.2, 0) is 0 Å². The highest BCUT2D eigenvalue weighted by Gasteiger charge is 1.97. The summed E-state index contributed by atoms with van der Waals surface area (Å²) in [5.74, 6) is 0.908. The van der Waals surface area contributed by atoms with Gasteiger partial charge < -0.3 is 15.8 Å². The van der Waals surface area contributed by atoms with E-state index >= 15 is 0 Å². The van der Waals surface area contributed by atoms with Crippen molar-refractivity contribution in [1.29, 1.82) is 0 Å². The minimum Gasteiger partial charge on any atom is -0.494 e. The SMILES string of the molecule is Nc1cnc(NCCCOc2ccccc2)s1. The Hall–Kier alpha value is -1.75. The molecule has 3 N–H and O–H groups in total. The molecular weight excluding hydrogens is 234 g/mol. The first-order valence-electron chi connectivity index (χ1n) is 5.47. The molecule has 2 aromatic rings. The van der Waals surface area contributed by atoms with Gasteiger partial charge in [-0.2, -0.15) is 0 Å². The minimum absolute atomic E-state index is 0.692. The van der Waals surface area contributed by atoms with Crippen LogP contribution in [0, 0.1) is 0 Å². The second-order valence-electron chi connectivity index (χ2n) is 3.51. The highest BCUT2D eigenvalue weighted by atomic mass is 32.1. The fraction of sp³-hybridized carbons (Fsp3) is 0.250. The monoisotopic (exact) mass is 249 g/mol. The van der Waals surface area contributed by atoms with Gasteiger partial charge in [0.15, 0.2) is 5.13 Å².